The molecule has 0 aromatic heterocycles. The van der Waals surface area contributed by atoms with Crippen LogP contribution in [0.5, 0.6) is 0 Å². The van der Waals surface area contributed by atoms with Crippen LogP contribution in [0.15, 0.2) is 29.2 Å². The van der Waals surface area contributed by atoms with E-state index in [4.69, 9.17) is 4.74 Å². The van der Waals surface area contributed by atoms with Crippen molar-refractivity contribution in [2.45, 2.75) is 16.6 Å². The van der Waals surface area contributed by atoms with Gasteiger partial charge < -0.3 is 10.1 Å². The smallest absolute Gasteiger partial charge is 0.237 e. The molecule has 3 rings (SSSR count). The third-order valence-electron chi connectivity index (χ3n) is 3.89. The first-order valence-electron chi connectivity index (χ1n) is 7.77. The number of carbonyl (C=O) groups is 1. The van der Waals surface area contributed by atoms with Gasteiger partial charge in [0.15, 0.2) is 0 Å². The molecule has 1 aromatic carbocycles. The summed E-state index contributed by atoms with van der Waals surface area (Å²) in [5, 5.41) is 3.06. The SMILES string of the molecule is O=C1Nc2ccccc2SC1CCSCCN1CCOCC1. The van der Waals surface area contributed by atoms with E-state index in [9.17, 15) is 4.79 Å². The van der Waals surface area contributed by atoms with Crippen LogP contribution in [0.1, 0.15) is 6.42 Å². The number of hydrogen-bond donors (Lipinski definition) is 1. The molecule has 1 N–H and O–H groups in total. The molecule has 0 spiro atoms. The number of benzene rings is 1. The van der Waals surface area contributed by atoms with Crippen LogP contribution < -0.4 is 5.32 Å². The Morgan fingerprint density at radius 1 is 1.27 bits per heavy atom. The molecule has 0 saturated carbocycles. The number of para-hydroxylation sites is 1. The molecule has 2 heterocycles. The van der Waals surface area contributed by atoms with Crippen LogP contribution >= 0.6 is 23.5 Å². The minimum absolute atomic E-state index is 0.0470. The zero-order valence-corrected chi connectivity index (χ0v) is 14.3. The topological polar surface area (TPSA) is 41.6 Å². The Morgan fingerprint density at radius 3 is 2.95 bits per heavy atom. The van der Waals surface area contributed by atoms with E-state index in [1.165, 1.54) is 4.90 Å². The van der Waals surface area contributed by atoms with Crippen LogP contribution in [0.25, 0.3) is 0 Å². The highest BCUT2D eigenvalue weighted by molar-refractivity contribution is 8.01. The van der Waals surface area contributed by atoms with E-state index in [-0.39, 0.29) is 11.2 Å². The van der Waals surface area contributed by atoms with Gasteiger partial charge in [-0.2, -0.15) is 11.8 Å². The Morgan fingerprint density at radius 2 is 2.09 bits per heavy atom. The standard InChI is InChI=1S/C16H22N2O2S2/c19-16-15(22-14-4-2-1-3-13(14)17-16)5-11-21-12-8-18-6-9-20-10-7-18/h1-4,15H,5-12H2,(H,17,19). The van der Waals surface area contributed by atoms with E-state index in [1.54, 1.807) is 11.8 Å². The molecular formula is C16H22N2O2S2. The van der Waals surface area contributed by atoms with E-state index in [0.29, 0.717) is 0 Å². The molecular weight excluding hydrogens is 316 g/mol. The maximum atomic E-state index is 12.1. The molecule has 120 valence electrons. The van der Waals surface area contributed by atoms with Gasteiger partial charge in [0.1, 0.15) is 0 Å². The van der Waals surface area contributed by atoms with Crippen LogP contribution in [0.4, 0.5) is 5.69 Å². The van der Waals surface area contributed by atoms with Crippen LogP contribution in [0.2, 0.25) is 0 Å². The van der Waals surface area contributed by atoms with Gasteiger partial charge in [-0.1, -0.05) is 12.1 Å². The molecule has 1 unspecified atom stereocenters. The number of ether oxygens (including phenoxy) is 1. The molecule has 6 heteroatoms. The molecule has 1 saturated heterocycles. The lowest BCUT2D eigenvalue weighted by atomic mass is 10.2. The summed E-state index contributed by atoms with van der Waals surface area (Å²) >= 11 is 3.65. The summed E-state index contributed by atoms with van der Waals surface area (Å²) in [7, 11) is 0. The average Bonchev–Trinajstić information content (AvgIpc) is 2.56. The van der Waals surface area contributed by atoms with Crippen LogP contribution in [-0.4, -0.2) is 60.4 Å². The molecule has 4 nitrogen and oxygen atoms in total. The summed E-state index contributed by atoms with van der Waals surface area (Å²) in [5.74, 6) is 2.32. The van der Waals surface area contributed by atoms with Gasteiger partial charge in [0.25, 0.3) is 0 Å². The quantitative estimate of drug-likeness (QED) is 0.808. The maximum absolute atomic E-state index is 12.1. The minimum Gasteiger partial charge on any atom is -0.379 e. The molecule has 1 aromatic rings. The van der Waals surface area contributed by atoms with Gasteiger partial charge in [-0.15, -0.1) is 11.8 Å². The molecule has 2 aliphatic heterocycles. The highest BCUT2D eigenvalue weighted by Crippen LogP contribution is 2.36. The van der Waals surface area contributed by atoms with E-state index in [0.717, 1.165) is 56.5 Å². The van der Waals surface area contributed by atoms with Crippen molar-refractivity contribution in [1.29, 1.82) is 0 Å². The Hall–Kier alpha value is -0.690. The van der Waals surface area contributed by atoms with Gasteiger partial charge >= 0.3 is 0 Å². The number of thioether (sulfide) groups is 2. The predicted molar refractivity (Wildman–Crippen MR) is 93.9 cm³/mol. The Labute approximate surface area is 140 Å². The Kier molecular flexibility index (Phi) is 6.06. The van der Waals surface area contributed by atoms with Gasteiger partial charge in [-0.25, -0.2) is 0 Å². The van der Waals surface area contributed by atoms with Crippen molar-refractivity contribution in [3.05, 3.63) is 24.3 Å². The highest BCUT2D eigenvalue weighted by atomic mass is 32.2. The first-order valence-corrected chi connectivity index (χ1v) is 9.81. The molecule has 1 atom stereocenters. The lowest BCUT2D eigenvalue weighted by Crippen LogP contribution is -2.37. The molecule has 0 bridgehead atoms. The van der Waals surface area contributed by atoms with E-state index in [2.05, 4.69) is 16.3 Å². The number of carbonyl (C=O) groups excluding carboxylic acids is 1. The second-order valence-electron chi connectivity index (χ2n) is 5.45. The van der Waals surface area contributed by atoms with Gasteiger partial charge in [0.2, 0.25) is 5.91 Å². The fourth-order valence-electron chi connectivity index (χ4n) is 2.59. The second kappa shape index (κ2) is 8.24. The maximum Gasteiger partial charge on any atom is 0.237 e. The first kappa shape index (κ1) is 16.2. The Bertz CT molecular complexity index is 507. The molecule has 0 aliphatic carbocycles. The summed E-state index contributed by atoms with van der Waals surface area (Å²) < 4.78 is 5.35. The predicted octanol–water partition coefficient (Wildman–Crippen LogP) is 2.55. The summed E-state index contributed by atoms with van der Waals surface area (Å²) in [5.41, 5.74) is 0.953. The lowest BCUT2D eigenvalue weighted by molar-refractivity contribution is -0.115. The molecule has 0 radical (unpaired) electrons. The van der Waals surface area contributed by atoms with Crippen molar-refractivity contribution < 1.29 is 9.53 Å². The van der Waals surface area contributed by atoms with E-state index >= 15 is 0 Å². The minimum atomic E-state index is 0.0470. The first-order chi connectivity index (χ1) is 10.8. The number of nitrogens with zero attached hydrogens (tertiary/aromatic N) is 1. The summed E-state index contributed by atoms with van der Waals surface area (Å²) in [6.07, 6.45) is 0.929. The van der Waals surface area contributed by atoms with E-state index < -0.39 is 0 Å². The number of anilines is 1. The van der Waals surface area contributed by atoms with Gasteiger partial charge in [-0.3, -0.25) is 9.69 Å². The summed E-state index contributed by atoms with van der Waals surface area (Å²) in [6.45, 7) is 4.96. The van der Waals surface area contributed by atoms with Gasteiger partial charge in [0.05, 0.1) is 24.2 Å². The largest absolute Gasteiger partial charge is 0.379 e. The fourth-order valence-corrected chi connectivity index (χ4v) is 4.85. The number of hydrogen-bond acceptors (Lipinski definition) is 5. The molecule has 2 aliphatic rings. The number of rotatable bonds is 6. The van der Waals surface area contributed by atoms with Gasteiger partial charge in [0, 0.05) is 30.3 Å². The molecule has 1 fully saturated rings. The average molecular weight is 338 g/mol. The number of morpholine rings is 1. The molecule has 1 amide bonds. The van der Waals surface area contributed by atoms with Crippen molar-refractivity contribution in [3.8, 4) is 0 Å². The zero-order valence-electron chi connectivity index (χ0n) is 12.6. The van der Waals surface area contributed by atoms with Crippen molar-refractivity contribution in [2.24, 2.45) is 0 Å². The second-order valence-corrected chi connectivity index (χ2v) is 7.92. The highest BCUT2D eigenvalue weighted by Gasteiger charge is 2.26. The zero-order chi connectivity index (χ0) is 15.2. The molecule has 22 heavy (non-hydrogen) atoms. The summed E-state index contributed by atoms with van der Waals surface area (Å²) in [4.78, 5) is 15.7. The van der Waals surface area contributed by atoms with Crippen LogP contribution in [-0.2, 0) is 9.53 Å². The fraction of sp³-hybridized carbons (Fsp3) is 0.562. The van der Waals surface area contributed by atoms with Gasteiger partial charge in [-0.05, 0) is 24.3 Å². The van der Waals surface area contributed by atoms with Crippen molar-refractivity contribution in [2.75, 3.05) is 49.7 Å². The van der Waals surface area contributed by atoms with Crippen molar-refractivity contribution >= 4 is 35.1 Å². The number of fused-ring (bicyclic) bond motifs is 1. The number of nitrogens with one attached hydrogen (secondary N) is 1. The Balaban J connectivity index is 1.36. The van der Waals surface area contributed by atoms with Crippen molar-refractivity contribution in [3.63, 3.8) is 0 Å². The van der Waals surface area contributed by atoms with Crippen LogP contribution in [0, 0.1) is 0 Å². The third-order valence-corrected chi connectivity index (χ3v) is 6.23. The monoisotopic (exact) mass is 338 g/mol. The third kappa shape index (κ3) is 4.41. The lowest BCUT2D eigenvalue weighted by Gasteiger charge is -2.26. The van der Waals surface area contributed by atoms with Crippen molar-refractivity contribution in [1.82, 2.24) is 4.90 Å². The van der Waals surface area contributed by atoms with Crippen LogP contribution in [0.3, 0.4) is 0 Å². The summed E-state index contributed by atoms with van der Waals surface area (Å²) in [6, 6.07) is 8.03. The number of amides is 1. The normalized spacial score (nSPS) is 22.2. The van der Waals surface area contributed by atoms with E-state index in [1.807, 2.05) is 30.0 Å².